The van der Waals surface area contributed by atoms with Crippen LogP contribution >= 0.6 is 0 Å². The number of benzene rings is 3. The highest BCUT2D eigenvalue weighted by molar-refractivity contribution is 6.04. The summed E-state index contributed by atoms with van der Waals surface area (Å²) >= 11 is 0. The topological polar surface area (TPSA) is 76.7 Å². The van der Waals surface area contributed by atoms with Gasteiger partial charge in [-0.05, 0) is 23.6 Å². The number of anilines is 1. The maximum atomic E-state index is 12.4. The summed E-state index contributed by atoms with van der Waals surface area (Å²) in [5.41, 5.74) is 1.08. The van der Waals surface area contributed by atoms with Crippen molar-refractivity contribution in [3.8, 4) is 11.5 Å². The first-order valence-electron chi connectivity index (χ1n) is 8.39. The van der Waals surface area contributed by atoms with Gasteiger partial charge in [-0.25, -0.2) is 4.79 Å². The molecule has 0 aliphatic rings. The van der Waals surface area contributed by atoms with Crippen molar-refractivity contribution in [1.82, 2.24) is 5.32 Å². The largest absolute Gasteiger partial charge is 0.497 e. The zero-order chi connectivity index (χ0) is 19.2. The van der Waals surface area contributed by atoms with Gasteiger partial charge in [0, 0.05) is 17.0 Å². The predicted octanol–water partition coefficient (Wildman–Crippen LogP) is 3.86. The Morgan fingerprint density at radius 1 is 0.889 bits per heavy atom. The molecule has 138 valence electrons. The van der Waals surface area contributed by atoms with Gasteiger partial charge in [-0.1, -0.05) is 36.4 Å². The van der Waals surface area contributed by atoms with Crippen LogP contribution < -0.4 is 20.1 Å². The molecular weight excluding hydrogens is 344 g/mol. The Morgan fingerprint density at radius 2 is 1.56 bits per heavy atom. The summed E-state index contributed by atoms with van der Waals surface area (Å²) in [5, 5.41) is 7.33. The quantitative estimate of drug-likeness (QED) is 0.651. The molecule has 2 amide bonds. The minimum absolute atomic E-state index is 0.146. The lowest BCUT2D eigenvalue weighted by Gasteiger charge is -2.11. The average Bonchev–Trinajstić information content (AvgIpc) is 2.71. The summed E-state index contributed by atoms with van der Waals surface area (Å²) < 4.78 is 10.3. The fraction of sp³-hybridized carbons (Fsp3) is 0.143. The fourth-order valence-electron chi connectivity index (χ4n) is 2.73. The van der Waals surface area contributed by atoms with Crippen molar-refractivity contribution in [2.24, 2.45) is 0 Å². The second-order valence-electron chi connectivity index (χ2n) is 5.86. The van der Waals surface area contributed by atoms with Crippen LogP contribution in [0.3, 0.4) is 0 Å². The van der Waals surface area contributed by atoms with Crippen LogP contribution in [0.2, 0.25) is 0 Å². The van der Waals surface area contributed by atoms with Crippen molar-refractivity contribution < 1.29 is 19.1 Å². The molecule has 0 fully saturated rings. The lowest BCUT2D eigenvalue weighted by atomic mass is 10.1. The number of hydrogen-bond donors (Lipinski definition) is 2. The van der Waals surface area contributed by atoms with E-state index in [-0.39, 0.29) is 12.3 Å². The first kappa shape index (κ1) is 18.3. The molecule has 0 aromatic heterocycles. The van der Waals surface area contributed by atoms with Gasteiger partial charge in [0.1, 0.15) is 11.5 Å². The van der Waals surface area contributed by atoms with Crippen molar-refractivity contribution in [1.29, 1.82) is 0 Å². The van der Waals surface area contributed by atoms with E-state index in [2.05, 4.69) is 10.6 Å². The fourth-order valence-corrected chi connectivity index (χ4v) is 2.73. The van der Waals surface area contributed by atoms with Crippen molar-refractivity contribution >= 4 is 28.3 Å². The highest BCUT2D eigenvalue weighted by Gasteiger charge is 2.12. The molecule has 27 heavy (non-hydrogen) atoms. The summed E-state index contributed by atoms with van der Waals surface area (Å²) in [6.07, 6.45) is 0. The number of hydrogen-bond acceptors (Lipinski definition) is 4. The third-order valence-electron chi connectivity index (χ3n) is 4.12. The standard InChI is InChI=1S/C21H20N2O4/c1-26-16-10-15(11-17(12-16)27-2)20(24)13-22-21(25)23-19-9-5-7-14-6-3-4-8-18(14)19/h3-12H,13H2,1-2H3,(H2,22,23,25). The van der Waals surface area contributed by atoms with Crippen molar-refractivity contribution in [2.45, 2.75) is 0 Å². The molecular formula is C21H20N2O4. The van der Waals surface area contributed by atoms with Crippen LogP contribution in [-0.4, -0.2) is 32.6 Å². The van der Waals surface area contributed by atoms with Crippen molar-refractivity contribution in [2.75, 3.05) is 26.1 Å². The van der Waals surface area contributed by atoms with Gasteiger partial charge >= 0.3 is 6.03 Å². The van der Waals surface area contributed by atoms with Gasteiger partial charge in [-0.15, -0.1) is 0 Å². The number of Topliss-reactive ketones (excluding diaryl/α,β-unsaturated/α-hetero) is 1. The molecule has 2 N–H and O–H groups in total. The van der Waals surface area contributed by atoms with Gasteiger partial charge in [-0.3, -0.25) is 4.79 Å². The highest BCUT2D eigenvalue weighted by Crippen LogP contribution is 2.23. The van der Waals surface area contributed by atoms with Crippen molar-refractivity contribution in [3.05, 3.63) is 66.2 Å². The Morgan fingerprint density at radius 3 is 2.26 bits per heavy atom. The number of fused-ring (bicyclic) bond motifs is 1. The number of urea groups is 1. The molecule has 0 aliphatic carbocycles. The first-order valence-corrected chi connectivity index (χ1v) is 8.39. The lowest BCUT2D eigenvalue weighted by molar-refractivity contribution is 0.0992. The zero-order valence-electron chi connectivity index (χ0n) is 15.1. The molecule has 0 unspecified atom stereocenters. The summed E-state index contributed by atoms with van der Waals surface area (Å²) in [7, 11) is 3.03. The molecule has 0 heterocycles. The second-order valence-corrected chi connectivity index (χ2v) is 5.86. The molecule has 3 aromatic rings. The van der Waals surface area contributed by atoms with Crippen LogP contribution in [-0.2, 0) is 0 Å². The molecule has 0 bridgehead atoms. The molecule has 3 aromatic carbocycles. The SMILES string of the molecule is COc1cc(OC)cc(C(=O)CNC(=O)Nc2cccc3ccccc23)c1. The monoisotopic (exact) mass is 364 g/mol. The summed E-state index contributed by atoms with van der Waals surface area (Å²) in [6, 6.07) is 17.8. The second kappa shape index (κ2) is 8.23. The normalized spacial score (nSPS) is 10.3. The van der Waals surface area contributed by atoms with Gasteiger partial charge in [0.25, 0.3) is 0 Å². The third-order valence-corrected chi connectivity index (χ3v) is 4.12. The van der Waals surface area contributed by atoms with Crippen LogP contribution in [0.4, 0.5) is 10.5 Å². The Labute approximate surface area is 157 Å². The Hall–Kier alpha value is -3.54. The van der Waals surface area contributed by atoms with Crippen LogP contribution in [0.5, 0.6) is 11.5 Å². The van der Waals surface area contributed by atoms with Crippen LogP contribution in [0.15, 0.2) is 60.7 Å². The number of carbonyl (C=O) groups excluding carboxylic acids is 2. The van der Waals surface area contributed by atoms with E-state index in [1.807, 2.05) is 42.5 Å². The molecule has 0 radical (unpaired) electrons. The van der Waals surface area contributed by atoms with Crippen molar-refractivity contribution in [3.63, 3.8) is 0 Å². The molecule has 6 heteroatoms. The maximum Gasteiger partial charge on any atom is 0.319 e. The number of amides is 2. The molecule has 3 rings (SSSR count). The molecule has 6 nitrogen and oxygen atoms in total. The Kier molecular flexibility index (Phi) is 5.56. The average molecular weight is 364 g/mol. The number of ether oxygens (including phenoxy) is 2. The van der Waals surface area contributed by atoms with Gasteiger partial charge in [-0.2, -0.15) is 0 Å². The van der Waals surface area contributed by atoms with Gasteiger partial charge in [0.05, 0.1) is 26.5 Å². The number of methoxy groups -OCH3 is 2. The van der Waals surface area contributed by atoms with Crippen LogP contribution in [0.1, 0.15) is 10.4 Å². The molecule has 0 saturated heterocycles. The summed E-state index contributed by atoms with van der Waals surface area (Å²) in [4.78, 5) is 24.6. The number of nitrogens with one attached hydrogen (secondary N) is 2. The van der Waals surface area contributed by atoms with Crippen LogP contribution in [0.25, 0.3) is 10.8 Å². The maximum absolute atomic E-state index is 12.4. The van der Waals surface area contributed by atoms with Gasteiger partial charge in [0.15, 0.2) is 5.78 Å². The minimum Gasteiger partial charge on any atom is -0.497 e. The number of carbonyl (C=O) groups is 2. The molecule has 0 spiro atoms. The number of ketones is 1. The molecule has 0 aliphatic heterocycles. The smallest absolute Gasteiger partial charge is 0.319 e. The van der Waals surface area contributed by atoms with E-state index in [1.54, 1.807) is 18.2 Å². The first-order chi connectivity index (χ1) is 13.1. The van der Waals surface area contributed by atoms with E-state index in [0.717, 1.165) is 10.8 Å². The van der Waals surface area contributed by atoms with E-state index in [1.165, 1.54) is 14.2 Å². The van der Waals surface area contributed by atoms with Crippen LogP contribution in [0, 0.1) is 0 Å². The summed E-state index contributed by atoms with van der Waals surface area (Å²) in [6.45, 7) is -0.146. The summed E-state index contributed by atoms with van der Waals surface area (Å²) in [5.74, 6) is 0.774. The number of rotatable bonds is 6. The van der Waals surface area contributed by atoms with E-state index in [0.29, 0.717) is 22.7 Å². The zero-order valence-corrected chi connectivity index (χ0v) is 15.1. The Balaban J connectivity index is 1.66. The highest BCUT2D eigenvalue weighted by atomic mass is 16.5. The van der Waals surface area contributed by atoms with Gasteiger partial charge in [0.2, 0.25) is 0 Å². The molecule has 0 saturated carbocycles. The molecule has 0 atom stereocenters. The third kappa shape index (κ3) is 4.36. The predicted molar refractivity (Wildman–Crippen MR) is 105 cm³/mol. The van der Waals surface area contributed by atoms with E-state index < -0.39 is 6.03 Å². The van der Waals surface area contributed by atoms with E-state index in [9.17, 15) is 9.59 Å². The lowest BCUT2D eigenvalue weighted by Crippen LogP contribution is -2.33. The van der Waals surface area contributed by atoms with Gasteiger partial charge < -0.3 is 20.1 Å². The minimum atomic E-state index is -0.449. The van der Waals surface area contributed by atoms with E-state index >= 15 is 0 Å². The Bertz CT molecular complexity index is 957. The van der Waals surface area contributed by atoms with E-state index in [4.69, 9.17) is 9.47 Å².